The van der Waals surface area contributed by atoms with Gasteiger partial charge in [-0.3, -0.25) is 0 Å². The predicted octanol–water partition coefficient (Wildman–Crippen LogP) is 4.07. The molecule has 0 amide bonds. The van der Waals surface area contributed by atoms with Gasteiger partial charge in [-0.05, 0) is 42.9 Å². The van der Waals surface area contributed by atoms with Crippen LogP contribution in [0.4, 0.5) is 13.2 Å². The highest BCUT2D eigenvalue weighted by atomic mass is 19.4. The molecule has 0 spiro atoms. The molecule has 1 fully saturated rings. The highest BCUT2D eigenvalue weighted by Crippen LogP contribution is 2.32. The fraction of sp³-hybridized carbons (Fsp3) is 0.550. The van der Waals surface area contributed by atoms with Crippen molar-refractivity contribution < 1.29 is 17.9 Å². The molecule has 0 bridgehead atoms. The van der Waals surface area contributed by atoms with Crippen LogP contribution in [0.25, 0.3) is 0 Å². The number of alkyl halides is 3. The molecule has 1 aromatic carbocycles. The maximum absolute atomic E-state index is 13.1. The predicted molar refractivity (Wildman–Crippen MR) is 102 cm³/mol. The summed E-state index contributed by atoms with van der Waals surface area (Å²) in [6, 6.07) is 8.24. The van der Waals surface area contributed by atoms with E-state index in [1.165, 1.54) is 5.56 Å². The van der Waals surface area contributed by atoms with Crippen LogP contribution in [0.3, 0.4) is 0 Å². The average molecular weight is 407 g/mol. The number of rotatable bonds is 4. The molecule has 0 saturated carbocycles. The van der Waals surface area contributed by atoms with E-state index >= 15 is 0 Å². The van der Waals surface area contributed by atoms with Crippen LogP contribution < -0.4 is 4.74 Å². The summed E-state index contributed by atoms with van der Waals surface area (Å²) in [5, 5.41) is 11.1. The summed E-state index contributed by atoms with van der Waals surface area (Å²) in [7, 11) is 0. The van der Waals surface area contributed by atoms with E-state index in [2.05, 4.69) is 39.3 Å². The minimum Gasteiger partial charge on any atom is -0.494 e. The summed E-state index contributed by atoms with van der Waals surface area (Å²) >= 11 is 0. The second kappa shape index (κ2) is 8.04. The summed E-state index contributed by atoms with van der Waals surface area (Å²) in [4.78, 5) is 2.10. The van der Waals surface area contributed by atoms with Crippen molar-refractivity contribution in [2.75, 3.05) is 19.7 Å². The topological polar surface area (TPSA) is 55.5 Å². The lowest BCUT2D eigenvalue weighted by Crippen LogP contribution is -2.40. The maximum atomic E-state index is 13.1. The third-order valence-electron chi connectivity index (χ3n) is 5.43. The lowest BCUT2D eigenvalue weighted by molar-refractivity contribution is -0.147. The molecule has 0 atom stereocenters. The molecule has 0 unspecified atom stereocenters. The van der Waals surface area contributed by atoms with E-state index in [-0.39, 0.29) is 5.82 Å². The van der Waals surface area contributed by atoms with Crippen molar-refractivity contribution in [2.45, 2.75) is 51.1 Å². The van der Waals surface area contributed by atoms with Gasteiger partial charge in [0, 0.05) is 25.9 Å². The summed E-state index contributed by atoms with van der Waals surface area (Å²) in [6.45, 7) is 4.34. The Labute approximate surface area is 167 Å². The quantitative estimate of drug-likeness (QED) is 0.767. The van der Waals surface area contributed by atoms with Crippen LogP contribution in [-0.4, -0.2) is 45.3 Å². The first-order valence-electron chi connectivity index (χ1n) is 10.0. The van der Waals surface area contributed by atoms with Gasteiger partial charge in [0.25, 0.3) is 5.82 Å². The van der Waals surface area contributed by atoms with Gasteiger partial charge >= 0.3 is 6.18 Å². The van der Waals surface area contributed by atoms with E-state index in [1.54, 1.807) is 0 Å². The van der Waals surface area contributed by atoms with E-state index in [0.717, 1.165) is 42.8 Å². The lowest BCUT2D eigenvalue weighted by atomic mass is 9.89. The number of hydrogen-bond acceptors (Lipinski definition) is 5. The van der Waals surface area contributed by atoms with Crippen LogP contribution in [0.15, 0.2) is 29.4 Å². The zero-order valence-corrected chi connectivity index (χ0v) is 16.3. The number of likely N-dealkylation sites (tertiary alicyclic amines) is 1. The Hall–Kier alpha value is -2.58. The second-order valence-corrected chi connectivity index (χ2v) is 7.44. The number of nitrogens with zero attached hydrogens (tertiary/aromatic N) is 5. The van der Waals surface area contributed by atoms with Gasteiger partial charge in [-0.2, -0.15) is 22.9 Å². The smallest absolute Gasteiger partial charge is 0.453 e. The fourth-order valence-electron chi connectivity index (χ4n) is 3.89. The van der Waals surface area contributed by atoms with Gasteiger partial charge in [0.15, 0.2) is 5.82 Å². The van der Waals surface area contributed by atoms with E-state index in [0.29, 0.717) is 31.2 Å². The number of aromatic nitrogens is 3. The molecule has 0 N–H and O–H groups in total. The normalized spacial score (nSPS) is 17.8. The van der Waals surface area contributed by atoms with Gasteiger partial charge in [-0.15, -0.1) is 10.2 Å². The molecule has 0 radical (unpaired) electrons. The molecule has 2 aromatic rings. The molecule has 9 heteroatoms. The molecular weight excluding hydrogens is 383 g/mol. The zero-order valence-electron chi connectivity index (χ0n) is 16.3. The molecule has 1 aromatic heterocycles. The lowest BCUT2D eigenvalue weighted by Gasteiger charge is -2.35. The Morgan fingerprint density at radius 2 is 1.79 bits per heavy atom. The van der Waals surface area contributed by atoms with Gasteiger partial charge < -0.3 is 9.64 Å². The summed E-state index contributed by atoms with van der Waals surface area (Å²) in [5.74, 6) is 1.22. The van der Waals surface area contributed by atoms with Gasteiger partial charge in [-0.1, -0.05) is 19.1 Å². The summed E-state index contributed by atoms with van der Waals surface area (Å²) in [5.41, 5.74) is 1.28. The first kappa shape index (κ1) is 19.7. The van der Waals surface area contributed by atoms with Crippen molar-refractivity contribution in [3.8, 4) is 5.75 Å². The Kier molecular flexibility index (Phi) is 5.47. The standard InChI is InChI=1S/C20H24F3N5O/c1-2-13-29-16-5-3-14(4-6-16)15-9-11-27(12-10-15)18-8-7-17-24-25-19(20(21,22)23)28(17)26-18/h3-6,15H,2,7-13H2,1H3. The second-order valence-electron chi connectivity index (χ2n) is 7.44. The van der Waals surface area contributed by atoms with E-state index in [1.807, 2.05) is 12.1 Å². The van der Waals surface area contributed by atoms with Crippen LogP contribution in [0.2, 0.25) is 0 Å². The molecule has 4 rings (SSSR count). The highest BCUT2D eigenvalue weighted by molar-refractivity contribution is 5.83. The molecule has 0 aliphatic carbocycles. The molecule has 1 saturated heterocycles. The van der Waals surface area contributed by atoms with Crippen LogP contribution in [-0.2, 0) is 12.6 Å². The third-order valence-corrected chi connectivity index (χ3v) is 5.43. The van der Waals surface area contributed by atoms with E-state index in [9.17, 15) is 13.2 Å². The first-order chi connectivity index (χ1) is 14.0. The molecule has 156 valence electrons. The first-order valence-corrected chi connectivity index (χ1v) is 10.0. The van der Waals surface area contributed by atoms with Crippen LogP contribution in [0.5, 0.6) is 5.75 Å². The average Bonchev–Trinajstić information content (AvgIpc) is 3.16. The van der Waals surface area contributed by atoms with Crippen molar-refractivity contribution in [1.29, 1.82) is 0 Å². The van der Waals surface area contributed by atoms with Gasteiger partial charge in [0.05, 0.1) is 6.61 Å². The molecule has 6 nitrogen and oxygen atoms in total. The summed E-state index contributed by atoms with van der Waals surface area (Å²) in [6.07, 6.45) is -0.696. The molecule has 2 aliphatic rings. The largest absolute Gasteiger partial charge is 0.494 e. The number of amidine groups is 1. The van der Waals surface area contributed by atoms with Crippen molar-refractivity contribution in [2.24, 2.45) is 5.10 Å². The van der Waals surface area contributed by atoms with Crippen molar-refractivity contribution in [3.05, 3.63) is 41.5 Å². The molecule has 3 heterocycles. The third kappa shape index (κ3) is 4.23. The Bertz CT molecular complexity index is 867. The molecular formula is C20H24F3N5O. The SMILES string of the molecule is CCCOc1ccc(C2CCN(C3=Nn4c(nnc4C(F)(F)F)CC3)CC2)cc1. The Morgan fingerprint density at radius 3 is 2.45 bits per heavy atom. The number of ether oxygens (including phenoxy) is 1. The van der Waals surface area contributed by atoms with Crippen LogP contribution in [0.1, 0.15) is 55.7 Å². The number of benzene rings is 1. The Balaban J connectivity index is 1.41. The number of halogens is 3. The number of hydrogen-bond donors (Lipinski definition) is 0. The fourth-order valence-corrected chi connectivity index (χ4v) is 3.89. The van der Waals surface area contributed by atoms with Crippen LogP contribution in [0, 0.1) is 0 Å². The monoisotopic (exact) mass is 407 g/mol. The molecule has 29 heavy (non-hydrogen) atoms. The zero-order chi connectivity index (χ0) is 20.4. The number of aryl methyl sites for hydroxylation is 1. The van der Waals surface area contributed by atoms with E-state index < -0.39 is 12.0 Å². The Morgan fingerprint density at radius 1 is 1.07 bits per heavy atom. The maximum Gasteiger partial charge on any atom is 0.453 e. The van der Waals surface area contributed by atoms with Gasteiger partial charge in [-0.25, -0.2) is 0 Å². The molecule has 2 aliphatic heterocycles. The number of piperidine rings is 1. The number of fused-ring (bicyclic) bond motifs is 1. The van der Waals surface area contributed by atoms with Crippen LogP contribution >= 0.6 is 0 Å². The van der Waals surface area contributed by atoms with Gasteiger partial charge in [0.2, 0.25) is 0 Å². The minimum atomic E-state index is -4.56. The van der Waals surface area contributed by atoms with Crippen molar-refractivity contribution >= 4 is 5.84 Å². The van der Waals surface area contributed by atoms with Crippen molar-refractivity contribution in [3.63, 3.8) is 0 Å². The van der Waals surface area contributed by atoms with E-state index in [4.69, 9.17) is 4.74 Å². The highest BCUT2D eigenvalue weighted by Gasteiger charge is 2.40. The minimum absolute atomic E-state index is 0.265. The van der Waals surface area contributed by atoms with Gasteiger partial charge in [0.1, 0.15) is 11.6 Å². The van der Waals surface area contributed by atoms with Crippen molar-refractivity contribution in [1.82, 2.24) is 19.8 Å². The summed E-state index contributed by atoms with van der Waals surface area (Å²) < 4.78 is 45.8.